The number of H-pyrrole nitrogens is 1. The first-order valence-electron chi connectivity index (χ1n) is 4.10. The molecule has 1 aromatic rings. The second-order valence-electron chi connectivity index (χ2n) is 2.97. The average Bonchev–Trinajstić information content (AvgIpc) is 2.01. The van der Waals surface area contributed by atoms with E-state index in [1.807, 2.05) is 0 Å². The van der Waals surface area contributed by atoms with Crippen molar-refractivity contribution in [2.75, 3.05) is 13.7 Å². The summed E-state index contributed by atoms with van der Waals surface area (Å²) in [5, 5.41) is 9.36. The van der Waals surface area contributed by atoms with Crippen molar-refractivity contribution >= 4 is 0 Å². The number of aromatic amines is 1. The zero-order valence-electron chi connectivity index (χ0n) is 7.98. The topological polar surface area (TPSA) is 84.3 Å². The zero-order chi connectivity index (χ0) is 10.7. The fourth-order valence-corrected chi connectivity index (χ4v) is 1.23. The highest BCUT2D eigenvalue weighted by atomic mass is 16.5. The van der Waals surface area contributed by atoms with E-state index >= 15 is 0 Å². The van der Waals surface area contributed by atoms with Crippen LogP contribution in [-0.2, 0) is 4.74 Å². The van der Waals surface area contributed by atoms with E-state index in [-0.39, 0.29) is 18.5 Å². The smallest absolute Gasteiger partial charge is 0.331 e. The molecule has 0 aliphatic carbocycles. The molecule has 6 heteroatoms. The molecule has 0 aromatic carbocycles. The molecule has 0 amide bonds. The van der Waals surface area contributed by atoms with Crippen molar-refractivity contribution in [3.63, 3.8) is 0 Å². The Kier molecular flexibility index (Phi) is 3.08. The van der Waals surface area contributed by atoms with Crippen molar-refractivity contribution in [2.24, 2.45) is 0 Å². The van der Waals surface area contributed by atoms with Crippen LogP contribution in [-0.4, -0.2) is 28.4 Å². The lowest BCUT2D eigenvalue weighted by atomic mass is 10.3. The molecular weight excluding hydrogens is 188 g/mol. The molecule has 1 aromatic heterocycles. The fraction of sp³-hybridized carbons (Fsp3) is 0.500. The van der Waals surface area contributed by atoms with Gasteiger partial charge in [-0.1, -0.05) is 0 Å². The normalized spacial score (nSPS) is 12.7. The molecule has 1 heterocycles. The Bertz CT molecular complexity index is 420. The van der Waals surface area contributed by atoms with Crippen LogP contribution in [0.1, 0.15) is 13.0 Å². The van der Waals surface area contributed by atoms with Gasteiger partial charge in [0.1, 0.15) is 0 Å². The maximum absolute atomic E-state index is 11.3. The molecule has 78 valence electrons. The Labute approximate surface area is 79.8 Å². The molecule has 0 radical (unpaired) electrons. The van der Waals surface area contributed by atoms with Gasteiger partial charge >= 0.3 is 5.69 Å². The maximum atomic E-state index is 11.3. The monoisotopic (exact) mass is 200 g/mol. The van der Waals surface area contributed by atoms with Crippen LogP contribution in [0.15, 0.2) is 15.7 Å². The van der Waals surface area contributed by atoms with Gasteiger partial charge in [-0.2, -0.15) is 0 Å². The second-order valence-corrected chi connectivity index (χ2v) is 2.97. The fourth-order valence-electron chi connectivity index (χ4n) is 1.23. The SMILES string of the molecule is COCC(C)n1c(O)cc(=O)[nH]c1=O. The van der Waals surface area contributed by atoms with Gasteiger partial charge in [-0.05, 0) is 6.92 Å². The van der Waals surface area contributed by atoms with E-state index in [1.165, 1.54) is 7.11 Å². The number of methoxy groups -OCH3 is 1. The summed E-state index contributed by atoms with van der Waals surface area (Å²) in [5.41, 5.74) is -1.26. The molecule has 0 aliphatic heterocycles. The molecular formula is C8H12N2O4. The van der Waals surface area contributed by atoms with E-state index < -0.39 is 11.2 Å². The number of nitrogens with zero attached hydrogens (tertiary/aromatic N) is 1. The first kappa shape index (κ1) is 10.5. The van der Waals surface area contributed by atoms with Crippen molar-refractivity contribution in [1.82, 2.24) is 9.55 Å². The van der Waals surface area contributed by atoms with Gasteiger partial charge < -0.3 is 9.84 Å². The van der Waals surface area contributed by atoms with Gasteiger partial charge in [0, 0.05) is 7.11 Å². The predicted octanol–water partition coefficient (Wildman–Crippen LogP) is -0.550. The number of aromatic hydroxyl groups is 1. The highest BCUT2D eigenvalue weighted by Gasteiger charge is 2.11. The van der Waals surface area contributed by atoms with Gasteiger partial charge in [0.05, 0.1) is 18.7 Å². The summed E-state index contributed by atoms with van der Waals surface area (Å²) in [4.78, 5) is 24.1. The summed E-state index contributed by atoms with van der Waals surface area (Å²) in [6.07, 6.45) is 0. The van der Waals surface area contributed by atoms with E-state index in [4.69, 9.17) is 4.74 Å². The van der Waals surface area contributed by atoms with Crippen molar-refractivity contribution < 1.29 is 9.84 Å². The molecule has 0 saturated heterocycles. The largest absolute Gasteiger partial charge is 0.494 e. The minimum atomic E-state index is -0.639. The molecule has 6 nitrogen and oxygen atoms in total. The lowest BCUT2D eigenvalue weighted by Crippen LogP contribution is -2.32. The lowest BCUT2D eigenvalue weighted by Gasteiger charge is -2.14. The van der Waals surface area contributed by atoms with Crippen molar-refractivity contribution in [3.8, 4) is 5.88 Å². The quantitative estimate of drug-likeness (QED) is 0.685. The van der Waals surface area contributed by atoms with E-state index in [0.717, 1.165) is 10.6 Å². The number of hydrogen-bond donors (Lipinski definition) is 2. The third-order valence-electron chi connectivity index (χ3n) is 1.80. The summed E-state index contributed by atoms with van der Waals surface area (Å²) >= 11 is 0. The standard InChI is InChI=1S/C8H12N2O4/c1-5(4-14-2)10-7(12)3-6(11)9-8(10)13/h3,5,12H,4H2,1-2H3,(H,9,11,13). The molecule has 1 unspecified atom stereocenters. The molecule has 14 heavy (non-hydrogen) atoms. The molecule has 0 aliphatic rings. The Hall–Kier alpha value is -1.56. The number of ether oxygens (including phenoxy) is 1. The number of rotatable bonds is 3. The van der Waals surface area contributed by atoms with Crippen molar-refractivity contribution in [3.05, 3.63) is 26.9 Å². The van der Waals surface area contributed by atoms with Crippen molar-refractivity contribution in [1.29, 1.82) is 0 Å². The van der Waals surface area contributed by atoms with Crippen LogP contribution in [0.2, 0.25) is 0 Å². The molecule has 0 saturated carbocycles. The minimum absolute atomic E-state index is 0.277. The number of nitrogens with one attached hydrogen (secondary N) is 1. The Morgan fingerprint density at radius 1 is 1.64 bits per heavy atom. The van der Waals surface area contributed by atoms with Gasteiger partial charge in [0.25, 0.3) is 5.56 Å². The third kappa shape index (κ3) is 2.02. The molecule has 1 rings (SSSR count). The summed E-state index contributed by atoms with van der Waals surface area (Å²) in [7, 11) is 1.49. The van der Waals surface area contributed by atoms with E-state index in [1.54, 1.807) is 6.92 Å². The van der Waals surface area contributed by atoms with Gasteiger partial charge in [-0.3, -0.25) is 14.3 Å². The van der Waals surface area contributed by atoms with E-state index in [2.05, 4.69) is 4.98 Å². The van der Waals surface area contributed by atoms with Gasteiger partial charge in [-0.15, -0.1) is 0 Å². The minimum Gasteiger partial charge on any atom is -0.494 e. The van der Waals surface area contributed by atoms with E-state index in [0.29, 0.717) is 0 Å². The van der Waals surface area contributed by atoms with Crippen LogP contribution in [0.5, 0.6) is 5.88 Å². The number of aromatic nitrogens is 2. The summed E-state index contributed by atoms with van der Waals surface area (Å²) < 4.78 is 5.90. The molecule has 0 bridgehead atoms. The number of hydrogen-bond acceptors (Lipinski definition) is 4. The first-order valence-corrected chi connectivity index (χ1v) is 4.10. The van der Waals surface area contributed by atoms with Crippen LogP contribution < -0.4 is 11.2 Å². The van der Waals surface area contributed by atoms with Crippen molar-refractivity contribution in [2.45, 2.75) is 13.0 Å². The lowest BCUT2D eigenvalue weighted by molar-refractivity contribution is 0.155. The first-order chi connectivity index (χ1) is 6.56. The van der Waals surface area contributed by atoms with Crippen LogP contribution in [0.3, 0.4) is 0 Å². The summed E-state index contributed by atoms with van der Waals surface area (Å²) in [6, 6.07) is 0.623. The van der Waals surface area contributed by atoms with Crippen LogP contribution >= 0.6 is 0 Å². The summed E-state index contributed by atoms with van der Waals surface area (Å²) in [5.74, 6) is -0.358. The summed E-state index contributed by atoms with van der Waals surface area (Å²) in [6.45, 7) is 1.97. The molecule has 1 atom stereocenters. The van der Waals surface area contributed by atoms with E-state index in [9.17, 15) is 14.7 Å². The van der Waals surface area contributed by atoms with Crippen LogP contribution in [0, 0.1) is 0 Å². The molecule has 0 spiro atoms. The Morgan fingerprint density at radius 2 is 2.29 bits per heavy atom. The Morgan fingerprint density at radius 3 is 2.79 bits per heavy atom. The Balaban J connectivity index is 3.21. The maximum Gasteiger partial charge on any atom is 0.331 e. The van der Waals surface area contributed by atoms with Gasteiger partial charge in [0.15, 0.2) is 0 Å². The third-order valence-corrected chi connectivity index (χ3v) is 1.80. The average molecular weight is 200 g/mol. The molecule has 0 fully saturated rings. The van der Waals surface area contributed by atoms with Crippen LogP contribution in [0.25, 0.3) is 0 Å². The van der Waals surface area contributed by atoms with Gasteiger partial charge in [-0.25, -0.2) is 4.79 Å². The predicted molar refractivity (Wildman–Crippen MR) is 49.6 cm³/mol. The molecule has 2 N–H and O–H groups in total. The highest BCUT2D eigenvalue weighted by Crippen LogP contribution is 2.09. The van der Waals surface area contributed by atoms with Gasteiger partial charge in [0.2, 0.25) is 5.88 Å². The second kappa shape index (κ2) is 4.10. The van der Waals surface area contributed by atoms with Crippen LogP contribution in [0.4, 0.5) is 0 Å². The zero-order valence-corrected chi connectivity index (χ0v) is 7.98. The highest BCUT2D eigenvalue weighted by molar-refractivity contribution is 5.07.